The van der Waals surface area contributed by atoms with Gasteiger partial charge in [-0.25, -0.2) is 9.97 Å². The summed E-state index contributed by atoms with van der Waals surface area (Å²) in [5, 5.41) is 0. The highest BCUT2D eigenvalue weighted by atomic mass is 14.8. The highest BCUT2D eigenvalue weighted by molar-refractivity contribution is 5.41. The zero-order valence-corrected chi connectivity index (χ0v) is 13.6. The summed E-state index contributed by atoms with van der Waals surface area (Å²) in [5.41, 5.74) is 12.8. The minimum atomic E-state index is -0.0657. The second-order valence-electron chi connectivity index (χ2n) is 6.82. The number of aromatic nitrogens is 2. The van der Waals surface area contributed by atoms with E-state index in [9.17, 15) is 0 Å². The van der Waals surface area contributed by atoms with Crippen molar-refractivity contribution in [3.05, 3.63) is 58.7 Å². The number of hydrogen-bond donors (Lipinski definition) is 1. The van der Waals surface area contributed by atoms with E-state index in [0.29, 0.717) is 0 Å². The fourth-order valence-electron chi connectivity index (χ4n) is 2.59. The van der Waals surface area contributed by atoms with E-state index in [1.807, 2.05) is 0 Å². The molecule has 0 amide bonds. The molecule has 1 aromatic carbocycles. The Morgan fingerprint density at radius 3 is 2.05 bits per heavy atom. The van der Waals surface area contributed by atoms with Crippen LogP contribution in [0.5, 0.6) is 0 Å². The Morgan fingerprint density at radius 2 is 1.57 bits per heavy atom. The topological polar surface area (TPSA) is 51.8 Å². The molecule has 21 heavy (non-hydrogen) atoms. The van der Waals surface area contributed by atoms with Gasteiger partial charge in [0.05, 0.1) is 0 Å². The van der Waals surface area contributed by atoms with Gasteiger partial charge in [0.2, 0.25) is 0 Å². The predicted octanol–water partition coefficient (Wildman–Crippen LogP) is 3.63. The normalized spacial score (nSPS) is 13.2. The molecule has 1 unspecified atom stereocenters. The number of nitrogens with zero attached hydrogens (tertiary/aromatic N) is 2. The number of nitrogens with two attached hydrogens (primary N) is 1. The van der Waals surface area contributed by atoms with Crippen LogP contribution < -0.4 is 5.73 Å². The molecule has 1 aromatic heterocycles. The van der Waals surface area contributed by atoms with E-state index in [1.165, 1.54) is 28.6 Å². The molecule has 0 saturated carbocycles. The van der Waals surface area contributed by atoms with Crippen molar-refractivity contribution in [2.24, 2.45) is 5.73 Å². The monoisotopic (exact) mass is 283 g/mol. The molecule has 0 fully saturated rings. The van der Waals surface area contributed by atoms with Crippen LogP contribution in [0.1, 0.15) is 54.6 Å². The summed E-state index contributed by atoms with van der Waals surface area (Å²) in [6.07, 6.45) is 5.94. The Kier molecular flexibility index (Phi) is 4.43. The summed E-state index contributed by atoms with van der Waals surface area (Å²) >= 11 is 0. The Bertz CT molecular complexity index is 589. The standard InChI is InChI=1S/C18H25N3/c1-12-6-15(18(3,4)5)7-13(2)16(12)8-17(19)14-9-20-11-21-10-14/h6-7,9-11,17H,8,19H2,1-5H3. The molecule has 0 aliphatic carbocycles. The molecule has 2 N–H and O–H groups in total. The fourth-order valence-corrected chi connectivity index (χ4v) is 2.59. The van der Waals surface area contributed by atoms with Gasteiger partial charge in [-0.1, -0.05) is 32.9 Å². The summed E-state index contributed by atoms with van der Waals surface area (Å²) in [4.78, 5) is 8.10. The second-order valence-corrected chi connectivity index (χ2v) is 6.82. The van der Waals surface area contributed by atoms with Gasteiger partial charge in [-0.3, -0.25) is 0 Å². The lowest BCUT2D eigenvalue weighted by Crippen LogP contribution is -2.17. The van der Waals surface area contributed by atoms with Crippen LogP contribution in [0.3, 0.4) is 0 Å². The summed E-state index contributed by atoms with van der Waals surface area (Å²) < 4.78 is 0. The molecule has 112 valence electrons. The van der Waals surface area contributed by atoms with Crippen LogP contribution in [0.15, 0.2) is 30.9 Å². The van der Waals surface area contributed by atoms with E-state index < -0.39 is 0 Å². The summed E-state index contributed by atoms with van der Waals surface area (Å²) in [7, 11) is 0. The third kappa shape index (κ3) is 3.67. The average molecular weight is 283 g/mol. The average Bonchev–Trinajstić information content (AvgIpc) is 2.42. The summed E-state index contributed by atoms with van der Waals surface area (Å²) in [6, 6.07) is 4.51. The van der Waals surface area contributed by atoms with Gasteiger partial charge in [-0.05, 0) is 47.9 Å². The second kappa shape index (κ2) is 5.94. The van der Waals surface area contributed by atoms with Crippen molar-refractivity contribution in [1.29, 1.82) is 0 Å². The molecule has 0 spiro atoms. The molecule has 1 atom stereocenters. The highest BCUT2D eigenvalue weighted by Crippen LogP contribution is 2.28. The molecule has 1 heterocycles. The molecule has 2 aromatic rings. The minimum Gasteiger partial charge on any atom is -0.324 e. The smallest absolute Gasteiger partial charge is 0.115 e. The van der Waals surface area contributed by atoms with E-state index in [0.717, 1.165) is 12.0 Å². The molecule has 3 heteroatoms. The van der Waals surface area contributed by atoms with E-state index in [-0.39, 0.29) is 11.5 Å². The van der Waals surface area contributed by atoms with Crippen molar-refractivity contribution in [3.63, 3.8) is 0 Å². The maximum Gasteiger partial charge on any atom is 0.115 e. The van der Waals surface area contributed by atoms with Crippen molar-refractivity contribution in [2.45, 2.75) is 52.5 Å². The SMILES string of the molecule is Cc1cc(C(C)(C)C)cc(C)c1CC(N)c1cncnc1. The first kappa shape index (κ1) is 15.6. The van der Waals surface area contributed by atoms with Gasteiger partial charge >= 0.3 is 0 Å². The van der Waals surface area contributed by atoms with Crippen LogP contribution in [-0.4, -0.2) is 9.97 Å². The largest absolute Gasteiger partial charge is 0.324 e. The Hall–Kier alpha value is -1.74. The molecule has 3 nitrogen and oxygen atoms in total. The van der Waals surface area contributed by atoms with Crippen molar-refractivity contribution >= 4 is 0 Å². The van der Waals surface area contributed by atoms with Crippen molar-refractivity contribution < 1.29 is 0 Å². The molecule has 0 radical (unpaired) electrons. The van der Waals surface area contributed by atoms with Crippen molar-refractivity contribution in [2.75, 3.05) is 0 Å². The van der Waals surface area contributed by atoms with Gasteiger partial charge in [-0.2, -0.15) is 0 Å². The van der Waals surface area contributed by atoms with Crippen molar-refractivity contribution in [3.8, 4) is 0 Å². The minimum absolute atomic E-state index is 0.0657. The first-order valence-corrected chi connectivity index (χ1v) is 7.40. The van der Waals surface area contributed by atoms with Gasteiger partial charge in [0, 0.05) is 24.0 Å². The van der Waals surface area contributed by atoms with Crippen LogP contribution in [0, 0.1) is 13.8 Å². The predicted molar refractivity (Wildman–Crippen MR) is 87.3 cm³/mol. The zero-order valence-electron chi connectivity index (χ0n) is 13.6. The van der Waals surface area contributed by atoms with Gasteiger partial charge < -0.3 is 5.73 Å². The first-order valence-electron chi connectivity index (χ1n) is 7.40. The summed E-state index contributed by atoms with van der Waals surface area (Å²) in [5.74, 6) is 0. The fraction of sp³-hybridized carbons (Fsp3) is 0.444. The molecule has 0 saturated heterocycles. The van der Waals surface area contributed by atoms with E-state index >= 15 is 0 Å². The Labute approximate surface area is 127 Å². The lowest BCUT2D eigenvalue weighted by Gasteiger charge is -2.23. The lowest BCUT2D eigenvalue weighted by molar-refractivity contribution is 0.588. The van der Waals surface area contributed by atoms with Crippen LogP contribution >= 0.6 is 0 Å². The Morgan fingerprint density at radius 1 is 1.05 bits per heavy atom. The quantitative estimate of drug-likeness (QED) is 0.935. The van der Waals surface area contributed by atoms with Crippen LogP contribution in [0.2, 0.25) is 0 Å². The van der Waals surface area contributed by atoms with E-state index in [4.69, 9.17) is 5.73 Å². The van der Waals surface area contributed by atoms with Gasteiger partial charge in [0.1, 0.15) is 6.33 Å². The third-order valence-electron chi connectivity index (χ3n) is 3.99. The lowest BCUT2D eigenvalue weighted by atomic mass is 9.82. The van der Waals surface area contributed by atoms with Gasteiger partial charge in [-0.15, -0.1) is 0 Å². The molecule has 0 aliphatic heterocycles. The third-order valence-corrected chi connectivity index (χ3v) is 3.99. The summed E-state index contributed by atoms with van der Waals surface area (Å²) in [6.45, 7) is 11.1. The maximum absolute atomic E-state index is 6.31. The molecule has 0 bridgehead atoms. The number of aryl methyl sites for hydroxylation is 2. The van der Waals surface area contributed by atoms with Crippen LogP contribution in [0.4, 0.5) is 0 Å². The maximum atomic E-state index is 6.31. The molecule has 2 rings (SSSR count). The van der Waals surface area contributed by atoms with Crippen LogP contribution in [0.25, 0.3) is 0 Å². The number of benzene rings is 1. The van der Waals surface area contributed by atoms with Crippen molar-refractivity contribution in [1.82, 2.24) is 9.97 Å². The van der Waals surface area contributed by atoms with E-state index in [2.05, 4.69) is 56.7 Å². The zero-order chi connectivity index (χ0) is 15.6. The molecular weight excluding hydrogens is 258 g/mol. The van der Waals surface area contributed by atoms with Gasteiger partial charge in [0.25, 0.3) is 0 Å². The van der Waals surface area contributed by atoms with Gasteiger partial charge in [0.15, 0.2) is 0 Å². The Balaban J connectivity index is 2.29. The van der Waals surface area contributed by atoms with Crippen LogP contribution in [-0.2, 0) is 11.8 Å². The van der Waals surface area contributed by atoms with E-state index in [1.54, 1.807) is 12.4 Å². The number of rotatable bonds is 3. The molecule has 0 aliphatic rings. The highest BCUT2D eigenvalue weighted by Gasteiger charge is 2.17. The number of hydrogen-bond acceptors (Lipinski definition) is 3. The molecular formula is C18H25N3. The first-order chi connectivity index (χ1) is 9.79.